The van der Waals surface area contributed by atoms with Gasteiger partial charge in [0.2, 0.25) is 0 Å². The van der Waals surface area contributed by atoms with E-state index in [1.54, 1.807) is 0 Å². The molecular weight excluding hydrogens is 200 g/mol. The van der Waals surface area contributed by atoms with Crippen LogP contribution in [0.3, 0.4) is 0 Å². The third kappa shape index (κ3) is 3.19. The van der Waals surface area contributed by atoms with Crippen molar-refractivity contribution in [2.45, 2.75) is 50.7 Å². The van der Waals surface area contributed by atoms with Crippen molar-refractivity contribution in [2.75, 3.05) is 26.7 Å². The first-order valence-electron chi connectivity index (χ1n) is 6.80. The molecule has 1 heterocycles. The number of rotatable bonds is 3. The predicted octanol–water partition coefficient (Wildman–Crippen LogP) is 1.61. The molecule has 3 atom stereocenters. The molecule has 0 aromatic heterocycles. The molecule has 0 aromatic carbocycles. The summed E-state index contributed by atoms with van der Waals surface area (Å²) in [5.41, 5.74) is 6.21. The highest BCUT2D eigenvalue weighted by Crippen LogP contribution is 2.25. The minimum Gasteiger partial charge on any atom is -0.380 e. The Morgan fingerprint density at radius 3 is 2.75 bits per heavy atom. The van der Waals surface area contributed by atoms with Crippen molar-refractivity contribution in [3.63, 3.8) is 0 Å². The Kier molecular flexibility index (Phi) is 4.62. The van der Waals surface area contributed by atoms with Gasteiger partial charge >= 0.3 is 0 Å². The van der Waals surface area contributed by atoms with Crippen LogP contribution < -0.4 is 5.73 Å². The molecule has 0 amide bonds. The number of nitrogens with zero attached hydrogens (tertiary/aromatic N) is 1. The van der Waals surface area contributed by atoms with E-state index in [2.05, 4.69) is 4.90 Å². The fourth-order valence-corrected chi connectivity index (χ4v) is 3.17. The molecular formula is C13H26N2O. The monoisotopic (exact) mass is 226 g/mol. The van der Waals surface area contributed by atoms with Crippen LogP contribution in [0.2, 0.25) is 0 Å². The smallest absolute Gasteiger partial charge is 0.0698 e. The summed E-state index contributed by atoms with van der Waals surface area (Å²) in [6.07, 6.45) is 8.22. The summed E-state index contributed by atoms with van der Waals surface area (Å²) in [5, 5.41) is 0. The summed E-state index contributed by atoms with van der Waals surface area (Å²) in [4.78, 5) is 2.56. The molecule has 94 valence electrons. The third-order valence-electron chi connectivity index (χ3n) is 4.26. The van der Waals surface area contributed by atoms with Gasteiger partial charge in [0.05, 0.1) is 6.10 Å². The minimum absolute atomic E-state index is 0.441. The van der Waals surface area contributed by atoms with Gasteiger partial charge < -0.3 is 15.4 Å². The first kappa shape index (κ1) is 12.3. The van der Waals surface area contributed by atoms with E-state index in [1.165, 1.54) is 51.6 Å². The second kappa shape index (κ2) is 5.99. The molecule has 16 heavy (non-hydrogen) atoms. The molecule has 2 fully saturated rings. The van der Waals surface area contributed by atoms with Crippen molar-refractivity contribution < 1.29 is 4.74 Å². The lowest BCUT2D eigenvalue weighted by molar-refractivity contribution is 0.0222. The van der Waals surface area contributed by atoms with Crippen molar-refractivity contribution in [3.8, 4) is 0 Å². The molecule has 1 aliphatic carbocycles. The zero-order valence-electron chi connectivity index (χ0n) is 10.5. The molecule has 2 rings (SSSR count). The van der Waals surface area contributed by atoms with Crippen molar-refractivity contribution in [2.24, 2.45) is 11.7 Å². The fourth-order valence-electron chi connectivity index (χ4n) is 3.17. The molecule has 3 nitrogen and oxygen atoms in total. The second-order valence-electron chi connectivity index (χ2n) is 5.47. The maximum atomic E-state index is 6.21. The maximum absolute atomic E-state index is 6.21. The SMILES string of the molecule is COC1CCCN(CC2CCCCC2N)C1. The second-order valence-corrected chi connectivity index (χ2v) is 5.47. The lowest BCUT2D eigenvalue weighted by Gasteiger charge is -2.37. The minimum atomic E-state index is 0.441. The summed E-state index contributed by atoms with van der Waals surface area (Å²) in [7, 11) is 1.83. The Morgan fingerprint density at radius 2 is 2.00 bits per heavy atom. The molecule has 3 heteroatoms. The van der Waals surface area contributed by atoms with Gasteiger partial charge in [-0.25, -0.2) is 0 Å². The Labute approximate surface area is 99.3 Å². The maximum Gasteiger partial charge on any atom is 0.0698 e. The quantitative estimate of drug-likeness (QED) is 0.794. The van der Waals surface area contributed by atoms with Crippen LogP contribution in [0.1, 0.15) is 38.5 Å². The Bertz CT molecular complexity index is 210. The molecule has 0 bridgehead atoms. The first-order chi connectivity index (χ1) is 7.79. The van der Waals surface area contributed by atoms with E-state index in [9.17, 15) is 0 Å². The van der Waals surface area contributed by atoms with Gasteiger partial charge in [0.15, 0.2) is 0 Å². The summed E-state index contributed by atoms with van der Waals surface area (Å²) in [6, 6.07) is 0.441. The van der Waals surface area contributed by atoms with Crippen molar-refractivity contribution >= 4 is 0 Å². The highest BCUT2D eigenvalue weighted by atomic mass is 16.5. The standard InChI is InChI=1S/C13H26N2O/c1-16-12-6-4-8-15(10-12)9-11-5-2-3-7-13(11)14/h11-13H,2-10,14H2,1H3. The van der Waals surface area contributed by atoms with Gasteiger partial charge in [-0.1, -0.05) is 12.8 Å². The zero-order valence-corrected chi connectivity index (χ0v) is 10.5. The molecule has 0 aromatic rings. The number of ether oxygens (including phenoxy) is 1. The Morgan fingerprint density at radius 1 is 1.19 bits per heavy atom. The number of hydrogen-bond donors (Lipinski definition) is 1. The number of methoxy groups -OCH3 is 1. The Hall–Kier alpha value is -0.120. The van der Waals surface area contributed by atoms with E-state index in [1.807, 2.05) is 7.11 Å². The van der Waals surface area contributed by atoms with Crippen LogP contribution in [0.15, 0.2) is 0 Å². The van der Waals surface area contributed by atoms with Crippen molar-refractivity contribution in [3.05, 3.63) is 0 Å². The van der Waals surface area contributed by atoms with Crippen LogP contribution >= 0.6 is 0 Å². The van der Waals surface area contributed by atoms with E-state index >= 15 is 0 Å². The number of hydrogen-bond acceptors (Lipinski definition) is 3. The topological polar surface area (TPSA) is 38.5 Å². The van der Waals surface area contributed by atoms with Gasteiger partial charge in [0, 0.05) is 26.2 Å². The van der Waals surface area contributed by atoms with Crippen molar-refractivity contribution in [1.82, 2.24) is 4.90 Å². The average molecular weight is 226 g/mol. The van der Waals surface area contributed by atoms with Gasteiger partial charge in [0.1, 0.15) is 0 Å². The number of piperidine rings is 1. The van der Waals surface area contributed by atoms with E-state index < -0.39 is 0 Å². The predicted molar refractivity (Wildman–Crippen MR) is 66.4 cm³/mol. The van der Waals surface area contributed by atoms with Gasteiger partial charge in [-0.2, -0.15) is 0 Å². The molecule has 0 radical (unpaired) electrons. The lowest BCUT2D eigenvalue weighted by Crippen LogP contribution is -2.46. The van der Waals surface area contributed by atoms with Gasteiger partial charge in [0.25, 0.3) is 0 Å². The molecule has 1 saturated heterocycles. The van der Waals surface area contributed by atoms with Gasteiger partial charge in [-0.3, -0.25) is 0 Å². The summed E-state index contributed by atoms with van der Waals surface area (Å²) < 4.78 is 5.46. The largest absolute Gasteiger partial charge is 0.380 e. The summed E-state index contributed by atoms with van der Waals surface area (Å²) in [5.74, 6) is 0.726. The van der Waals surface area contributed by atoms with Crippen LogP contribution in [0.4, 0.5) is 0 Å². The van der Waals surface area contributed by atoms with Gasteiger partial charge in [-0.15, -0.1) is 0 Å². The van der Waals surface area contributed by atoms with E-state index in [0.29, 0.717) is 12.1 Å². The number of likely N-dealkylation sites (tertiary alicyclic amines) is 1. The van der Waals surface area contributed by atoms with Crippen LogP contribution in [-0.2, 0) is 4.74 Å². The fraction of sp³-hybridized carbons (Fsp3) is 1.00. The summed E-state index contributed by atoms with van der Waals surface area (Å²) in [6.45, 7) is 3.55. The van der Waals surface area contributed by atoms with E-state index in [4.69, 9.17) is 10.5 Å². The molecule has 3 unspecified atom stereocenters. The lowest BCUT2D eigenvalue weighted by atomic mass is 9.84. The highest BCUT2D eigenvalue weighted by molar-refractivity contribution is 4.82. The molecule has 2 N–H and O–H groups in total. The molecule has 1 saturated carbocycles. The zero-order chi connectivity index (χ0) is 11.4. The molecule has 0 spiro atoms. The van der Waals surface area contributed by atoms with E-state index in [-0.39, 0.29) is 0 Å². The van der Waals surface area contributed by atoms with Crippen LogP contribution in [-0.4, -0.2) is 43.8 Å². The molecule has 1 aliphatic heterocycles. The van der Waals surface area contributed by atoms with Crippen LogP contribution in [0, 0.1) is 5.92 Å². The van der Waals surface area contributed by atoms with Crippen molar-refractivity contribution in [1.29, 1.82) is 0 Å². The van der Waals surface area contributed by atoms with Gasteiger partial charge in [-0.05, 0) is 38.1 Å². The normalized spacial score (nSPS) is 37.5. The average Bonchev–Trinajstić information content (AvgIpc) is 2.32. The Balaban J connectivity index is 1.79. The highest BCUT2D eigenvalue weighted by Gasteiger charge is 2.26. The first-order valence-corrected chi connectivity index (χ1v) is 6.80. The van der Waals surface area contributed by atoms with Crippen LogP contribution in [0.5, 0.6) is 0 Å². The summed E-state index contributed by atoms with van der Waals surface area (Å²) >= 11 is 0. The third-order valence-corrected chi connectivity index (χ3v) is 4.26. The number of nitrogens with two attached hydrogens (primary N) is 1. The molecule has 2 aliphatic rings. The van der Waals surface area contributed by atoms with Crippen LogP contribution in [0.25, 0.3) is 0 Å². The van der Waals surface area contributed by atoms with E-state index in [0.717, 1.165) is 12.5 Å².